The molecule has 3 aromatic heterocycles. The first-order valence-electron chi connectivity index (χ1n) is 13.8. The van der Waals surface area contributed by atoms with Crippen molar-refractivity contribution < 1.29 is 9.53 Å². The van der Waals surface area contributed by atoms with E-state index < -0.39 is 22.9 Å². The van der Waals surface area contributed by atoms with Crippen molar-refractivity contribution in [3.63, 3.8) is 0 Å². The predicted octanol–water partition coefficient (Wildman–Crippen LogP) is 4.01. The first-order chi connectivity index (χ1) is 19.4. The van der Waals surface area contributed by atoms with Crippen LogP contribution in [0.1, 0.15) is 53.2 Å². The second-order valence-corrected chi connectivity index (χ2v) is 12.6. The lowest BCUT2D eigenvalue weighted by Crippen LogP contribution is -2.49. The van der Waals surface area contributed by atoms with Gasteiger partial charge >= 0.3 is 11.8 Å². The number of benzene rings is 1. The Morgan fingerprint density at radius 1 is 1.20 bits per heavy atom. The van der Waals surface area contributed by atoms with Crippen molar-refractivity contribution in [2.45, 2.75) is 72.2 Å². The van der Waals surface area contributed by atoms with Crippen LogP contribution in [-0.2, 0) is 24.9 Å². The van der Waals surface area contributed by atoms with Gasteiger partial charge < -0.3 is 19.5 Å². The minimum atomic E-state index is -0.591. The van der Waals surface area contributed by atoms with Gasteiger partial charge in [-0.3, -0.25) is 13.9 Å². The maximum absolute atomic E-state index is 14.0. The van der Waals surface area contributed by atoms with Gasteiger partial charge in [0.2, 0.25) is 5.95 Å². The van der Waals surface area contributed by atoms with Crippen LogP contribution < -0.4 is 21.5 Å². The topological polar surface area (TPSA) is 116 Å². The quantitative estimate of drug-likeness (QED) is 0.343. The molecule has 0 spiro atoms. The maximum Gasteiger partial charge on any atom is 0.407 e. The van der Waals surface area contributed by atoms with Crippen molar-refractivity contribution in [2.24, 2.45) is 7.05 Å². The number of nitrogens with zero attached hydrogens (tertiary/aromatic N) is 6. The van der Waals surface area contributed by atoms with Gasteiger partial charge in [-0.05, 0) is 65.1 Å². The van der Waals surface area contributed by atoms with Crippen LogP contribution in [0.3, 0.4) is 0 Å². The van der Waals surface area contributed by atoms with E-state index in [-0.39, 0.29) is 12.6 Å². The molecule has 1 N–H and O–H groups in total. The fourth-order valence-corrected chi connectivity index (χ4v) is 5.93. The van der Waals surface area contributed by atoms with Crippen LogP contribution >= 0.6 is 11.5 Å². The number of hydrogen-bond donors (Lipinski definition) is 1. The number of allylic oxidation sites excluding steroid dienone is 2. The number of carbonyl (C=O) groups excluding carboxylic acids is 1. The number of aromatic nitrogens is 5. The Bertz CT molecular complexity index is 1750. The van der Waals surface area contributed by atoms with E-state index in [0.717, 1.165) is 28.5 Å². The molecule has 1 amide bonds. The Morgan fingerprint density at radius 2 is 1.95 bits per heavy atom. The van der Waals surface area contributed by atoms with Crippen LogP contribution in [0.25, 0.3) is 21.3 Å². The fraction of sp³-hybridized carbons (Fsp3) is 0.483. The van der Waals surface area contributed by atoms with Gasteiger partial charge in [-0.15, -0.1) is 0 Å². The second-order valence-electron chi connectivity index (χ2n) is 11.8. The van der Waals surface area contributed by atoms with Gasteiger partial charge in [0.1, 0.15) is 5.60 Å². The monoisotopic (exact) mass is 579 g/mol. The molecule has 5 rings (SSSR count). The summed E-state index contributed by atoms with van der Waals surface area (Å²) < 4.78 is 15.6. The van der Waals surface area contributed by atoms with E-state index in [1.165, 1.54) is 20.7 Å². The summed E-state index contributed by atoms with van der Waals surface area (Å²) in [5.41, 5.74) is 1.04. The molecule has 0 radical (unpaired) electrons. The number of piperidine rings is 1. The van der Waals surface area contributed by atoms with Crippen LogP contribution in [-0.4, -0.2) is 53.9 Å². The minimum absolute atomic E-state index is 0.0697. The van der Waals surface area contributed by atoms with E-state index in [9.17, 15) is 14.4 Å². The van der Waals surface area contributed by atoms with Crippen molar-refractivity contribution in [1.82, 2.24) is 28.4 Å². The van der Waals surface area contributed by atoms with Crippen LogP contribution in [0.4, 0.5) is 10.7 Å². The van der Waals surface area contributed by atoms with E-state index in [1.807, 2.05) is 69.5 Å². The number of nitrogens with one attached hydrogen (secondary N) is 1. The summed E-state index contributed by atoms with van der Waals surface area (Å²) in [5.74, 6) is 0.595. The summed E-state index contributed by atoms with van der Waals surface area (Å²) in [7, 11) is 1.64. The number of rotatable bonds is 6. The highest BCUT2D eigenvalue weighted by molar-refractivity contribution is 7.13. The molecule has 0 bridgehead atoms. The Balaban J connectivity index is 1.56. The summed E-state index contributed by atoms with van der Waals surface area (Å²) in [4.78, 5) is 46.9. The number of fused-ring (bicyclic) bond motifs is 2. The molecule has 4 heterocycles. The van der Waals surface area contributed by atoms with Crippen molar-refractivity contribution in [2.75, 3.05) is 18.0 Å². The molecule has 41 heavy (non-hydrogen) atoms. The van der Waals surface area contributed by atoms with E-state index in [4.69, 9.17) is 9.72 Å². The normalized spacial score (nSPS) is 15.9. The Kier molecular flexibility index (Phi) is 7.78. The third-order valence-electron chi connectivity index (χ3n) is 7.08. The van der Waals surface area contributed by atoms with Crippen molar-refractivity contribution in [1.29, 1.82) is 0 Å². The summed E-state index contributed by atoms with van der Waals surface area (Å²) in [6, 6.07) is 7.66. The van der Waals surface area contributed by atoms with Crippen LogP contribution in [0, 0.1) is 0 Å². The van der Waals surface area contributed by atoms with Gasteiger partial charge in [0.25, 0.3) is 5.56 Å². The SMILES string of the molecule is CC(C)=CCn1c(N2CCCC(NC(=O)OC(C)(C)C)C2)nc2c1c(=O)n(Cc1nsc3ccccc13)c(=O)n2C. The summed E-state index contributed by atoms with van der Waals surface area (Å²) >= 11 is 1.35. The Morgan fingerprint density at radius 3 is 2.68 bits per heavy atom. The largest absolute Gasteiger partial charge is 0.444 e. The molecule has 1 fully saturated rings. The molecular formula is C29H37N7O4S. The third-order valence-corrected chi connectivity index (χ3v) is 7.94. The number of imidazole rings is 1. The zero-order chi connectivity index (χ0) is 29.5. The molecule has 0 saturated carbocycles. The summed E-state index contributed by atoms with van der Waals surface area (Å²) in [5, 5.41) is 3.91. The number of alkyl carbamates (subject to hydrolysis) is 1. The number of carbonyl (C=O) groups is 1. The lowest BCUT2D eigenvalue weighted by molar-refractivity contribution is 0.0499. The number of ether oxygens (including phenoxy) is 1. The highest BCUT2D eigenvalue weighted by Crippen LogP contribution is 2.25. The smallest absolute Gasteiger partial charge is 0.407 e. The molecule has 1 aliphatic rings. The first kappa shape index (κ1) is 28.6. The summed E-state index contributed by atoms with van der Waals surface area (Å²) in [6.45, 7) is 11.2. The number of aryl methyl sites for hydroxylation is 1. The molecule has 0 aliphatic carbocycles. The van der Waals surface area contributed by atoms with Crippen LogP contribution in [0.15, 0.2) is 45.5 Å². The van der Waals surface area contributed by atoms with Gasteiger partial charge in [-0.1, -0.05) is 29.8 Å². The molecule has 218 valence electrons. The average molecular weight is 580 g/mol. The first-order valence-corrected chi connectivity index (χ1v) is 14.6. The molecular weight excluding hydrogens is 542 g/mol. The van der Waals surface area contributed by atoms with E-state index >= 15 is 0 Å². The lowest BCUT2D eigenvalue weighted by atomic mass is 10.1. The molecule has 1 atom stereocenters. The second kappa shape index (κ2) is 11.2. The van der Waals surface area contributed by atoms with Gasteiger partial charge in [-0.2, -0.15) is 9.36 Å². The van der Waals surface area contributed by atoms with Crippen LogP contribution in [0.5, 0.6) is 0 Å². The number of hydrogen-bond acceptors (Lipinski definition) is 8. The Hall–Kier alpha value is -3.93. The van der Waals surface area contributed by atoms with E-state index in [2.05, 4.69) is 14.6 Å². The molecule has 1 aromatic carbocycles. The molecule has 1 saturated heterocycles. The average Bonchev–Trinajstić information content (AvgIpc) is 3.49. The standard InChI is InChI=1S/C29H37N7O4S/c1-18(2)13-15-35-23-24(31-26(35)34-14-9-10-19(16-34)30-27(38)40-29(3,4)5)33(6)28(39)36(25(23)37)17-21-20-11-7-8-12-22(20)41-32-21/h7-8,11-13,19H,9-10,14-17H2,1-6H3,(H,30,38). The van der Waals surface area contributed by atoms with Crippen molar-refractivity contribution in [3.05, 3.63) is 62.4 Å². The highest BCUT2D eigenvalue weighted by atomic mass is 32.1. The molecule has 11 nitrogen and oxygen atoms in total. The third kappa shape index (κ3) is 5.92. The lowest BCUT2D eigenvalue weighted by Gasteiger charge is -2.34. The number of anilines is 1. The Labute approximate surface area is 242 Å². The van der Waals surface area contributed by atoms with Crippen LogP contribution in [0.2, 0.25) is 0 Å². The van der Waals surface area contributed by atoms with Gasteiger partial charge in [-0.25, -0.2) is 9.59 Å². The van der Waals surface area contributed by atoms with Gasteiger partial charge in [0.15, 0.2) is 11.2 Å². The van der Waals surface area contributed by atoms with E-state index in [1.54, 1.807) is 7.05 Å². The highest BCUT2D eigenvalue weighted by Gasteiger charge is 2.29. The van der Waals surface area contributed by atoms with Crippen molar-refractivity contribution in [3.8, 4) is 0 Å². The van der Waals surface area contributed by atoms with Gasteiger partial charge in [0.05, 0.1) is 16.9 Å². The van der Waals surface area contributed by atoms with Crippen molar-refractivity contribution >= 4 is 44.8 Å². The molecule has 4 aromatic rings. The molecule has 1 unspecified atom stereocenters. The number of amides is 1. The maximum atomic E-state index is 14.0. The predicted molar refractivity (Wildman–Crippen MR) is 162 cm³/mol. The zero-order valence-electron chi connectivity index (χ0n) is 24.4. The molecule has 12 heteroatoms. The van der Waals surface area contributed by atoms with Gasteiger partial charge in [0, 0.05) is 38.1 Å². The summed E-state index contributed by atoms with van der Waals surface area (Å²) in [6.07, 6.45) is 3.21. The minimum Gasteiger partial charge on any atom is -0.444 e. The fourth-order valence-electron chi connectivity index (χ4n) is 5.14. The molecule has 1 aliphatic heterocycles. The van der Waals surface area contributed by atoms with E-state index in [0.29, 0.717) is 42.4 Å². The zero-order valence-corrected chi connectivity index (χ0v) is 25.2.